The van der Waals surface area contributed by atoms with Gasteiger partial charge in [0.15, 0.2) is 5.11 Å². The van der Waals surface area contributed by atoms with Crippen molar-refractivity contribution in [1.82, 2.24) is 14.5 Å². The zero-order valence-electron chi connectivity index (χ0n) is 14.5. The maximum Gasteiger partial charge on any atom is 0.174 e. The first-order chi connectivity index (χ1) is 12.8. The molecule has 5 nitrogen and oxygen atoms in total. The molecule has 0 saturated heterocycles. The van der Waals surface area contributed by atoms with E-state index < -0.39 is 0 Å². The Morgan fingerprint density at radius 1 is 1.12 bits per heavy atom. The molecule has 3 aromatic rings. The second kappa shape index (κ2) is 7.17. The molecule has 1 aliphatic rings. The monoisotopic (exact) mass is 364 g/mol. The van der Waals surface area contributed by atoms with Gasteiger partial charge in [0.2, 0.25) is 0 Å². The van der Waals surface area contributed by atoms with Gasteiger partial charge in [-0.3, -0.25) is 4.98 Å². The highest BCUT2D eigenvalue weighted by Crippen LogP contribution is 2.33. The summed E-state index contributed by atoms with van der Waals surface area (Å²) in [6, 6.07) is 16.2. The number of ether oxygens (including phenoxy) is 1. The lowest BCUT2D eigenvalue weighted by molar-refractivity contribution is 0.293. The Morgan fingerprint density at radius 3 is 2.73 bits per heavy atom. The number of thiocarbonyl (C=S) groups is 1. The Hall–Kier alpha value is -2.86. The van der Waals surface area contributed by atoms with Crippen LogP contribution in [0.5, 0.6) is 5.75 Å². The van der Waals surface area contributed by atoms with Crippen molar-refractivity contribution in [2.45, 2.75) is 12.6 Å². The van der Waals surface area contributed by atoms with Gasteiger partial charge in [-0.2, -0.15) is 0 Å². The largest absolute Gasteiger partial charge is 0.495 e. The summed E-state index contributed by atoms with van der Waals surface area (Å²) in [6.07, 6.45) is 5.77. The number of hydrogen-bond donors (Lipinski definition) is 1. The van der Waals surface area contributed by atoms with Crippen LogP contribution in [0.15, 0.2) is 67.1 Å². The summed E-state index contributed by atoms with van der Waals surface area (Å²) in [7, 11) is 1.66. The molecule has 132 valence electrons. The molecular formula is C20H20N4OS. The normalized spacial score (nSPS) is 16.0. The van der Waals surface area contributed by atoms with E-state index >= 15 is 0 Å². The van der Waals surface area contributed by atoms with Crippen LogP contribution in [0.3, 0.4) is 0 Å². The molecule has 2 aromatic heterocycles. The van der Waals surface area contributed by atoms with E-state index in [2.05, 4.69) is 38.1 Å². The maximum atomic E-state index is 5.78. The van der Waals surface area contributed by atoms with Crippen LogP contribution in [-0.4, -0.2) is 33.2 Å². The zero-order valence-corrected chi connectivity index (χ0v) is 15.3. The standard InChI is InChI=1S/C20H20N4OS/c1-25-18-7-3-2-5-16(18)22-20(26)24-14-13-23-12-4-6-17(23)19(24)15-8-10-21-11-9-15/h2-12,19H,13-14H2,1H3,(H,22,26). The van der Waals surface area contributed by atoms with E-state index in [9.17, 15) is 0 Å². The van der Waals surface area contributed by atoms with Crippen LogP contribution in [0.4, 0.5) is 5.69 Å². The van der Waals surface area contributed by atoms with Crippen molar-refractivity contribution >= 4 is 23.0 Å². The molecule has 4 rings (SSSR count). The summed E-state index contributed by atoms with van der Waals surface area (Å²) in [5, 5.41) is 4.05. The fraction of sp³-hybridized carbons (Fsp3) is 0.200. The van der Waals surface area contributed by atoms with Crippen molar-refractivity contribution in [2.75, 3.05) is 19.0 Å². The van der Waals surface area contributed by atoms with E-state index in [0.717, 1.165) is 24.5 Å². The van der Waals surface area contributed by atoms with Crippen molar-refractivity contribution in [1.29, 1.82) is 0 Å². The van der Waals surface area contributed by atoms with Crippen LogP contribution < -0.4 is 10.1 Å². The molecule has 1 atom stereocenters. The second-order valence-electron chi connectivity index (χ2n) is 6.13. The van der Waals surface area contributed by atoms with Crippen LogP contribution in [0.25, 0.3) is 0 Å². The van der Waals surface area contributed by atoms with Crippen molar-refractivity contribution in [3.8, 4) is 5.75 Å². The number of anilines is 1. The second-order valence-corrected chi connectivity index (χ2v) is 6.52. The number of aromatic nitrogens is 2. The molecule has 0 aliphatic carbocycles. The van der Waals surface area contributed by atoms with Gasteiger partial charge < -0.3 is 19.5 Å². The number of nitrogens with zero attached hydrogens (tertiary/aromatic N) is 3. The number of benzene rings is 1. The van der Waals surface area contributed by atoms with Gasteiger partial charge in [0.05, 0.1) is 18.8 Å². The molecule has 0 bridgehead atoms. The molecule has 6 heteroatoms. The number of methoxy groups -OCH3 is 1. The minimum absolute atomic E-state index is 0.0523. The molecule has 0 spiro atoms. The highest BCUT2D eigenvalue weighted by molar-refractivity contribution is 7.80. The zero-order chi connectivity index (χ0) is 17.9. The average Bonchev–Trinajstić information content (AvgIpc) is 3.17. The molecule has 26 heavy (non-hydrogen) atoms. The lowest BCUT2D eigenvalue weighted by Gasteiger charge is -2.39. The Balaban J connectivity index is 1.67. The number of fused-ring (bicyclic) bond motifs is 1. The van der Waals surface area contributed by atoms with Gasteiger partial charge in [0, 0.05) is 37.4 Å². The Kier molecular flexibility index (Phi) is 4.58. The first kappa shape index (κ1) is 16.6. The number of para-hydroxylation sites is 2. The summed E-state index contributed by atoms with van der Waals surface area (Å²) < 4.78 is 7.72. The summed E-state index contributed by atoms with van der Waals surface area (Å²) >= 11 is 5.78. The van der Waals surface area contributed by atoms with Gasteiger partial charge in [-0.05, 0) is 54.2 Å². The van der Waals surface area contributed by atoms with Crippen molar-refractivity contribution < 1.29 is 4.74 Å². The van der Waals surface area contributed by atoms with E-state index in [1.807, 2.05) is 48.8 Å². The minimum Gasteiger partial charge on any atom is -0.495 e. The number of hydrogen-bond acceptors (Lipinski definition) is 3. The Labute approximate surface area is 158 Å². The van der Waals surface area contributed by atoms with Gasteiger partial charge in [0.1, 0.15) is 5.75 Å². The summed E-state index contributed by atoms with van der Waals surface area (Å²) in [4.78, 5) is 6.38. The van der Waals surface area contributed by atoms with Gasteiger partial charge in [-0.25, -0.2) is 0 Å². The van der Waals surface area contributed by atoms with Crippen LogP contribution in [0, 0.1) is 0 Å². The fourth-order valence-electron chi connectivity index (χ4n) is 3.43. The van der Waals surface area contributed by atoms with Gasteiger partial charge in [-0.1, -0.05) is 12.1 Å². The third kappa shape index (κ3) is 3.04. The molecule has 1 aliphatic heterocycles. The van der Waals surface area contributed by atoms with Crippen LogP contribution in [0.1, 0.15) is 17.3 Å². The lowest BCUT2D eigenvalue weighted by atomic mass is 10.0. The Morgan fingerprint density at radius 2 is 1.92 bits per heavy atom. The number of rotatable bonds is 3. The average molecular weight is 364 g/mol. The molecule has 0 fully saturated rings. The van der Waals surface area contributed by atoms with E-state index in [1.54, 1.807) is 7.11 Å². The van der Waals surface area contributed by atoms with Crippen molar-refractivity contribution in [3.05, 3.63) is 78.4 Å². The quantitative estimate of drug-likeness (QED) is 0.718. The van der Waals surface area contributed by atoms with Crippen molar-refractivity contribution in [2.24, 2.45) is 0 Å². The topological polar surface area (TPSA) is 42.3 Å². The molecule has 1 unspecified atom stereocenters. The van der Waals surface area contributed by atoms with E-state index in [0.29, 0.717) is 5.11 Å². The SMILES string of the molecule is COc1ccccc1NC(=S)N1CCn2cccc2C1c1ccncc1. The first-order valence-corrected chi connectivity index (χ1v) is 8.94. The maximum absolute atomic E-state index is 5.78. The lowest BCUT2D eigenvalue weighted by Crippen LogP contribution is -2.44. The minimum atomic E-state index is 0.0523. The van der Waals surface area contributed by atoms with Crippen molar-refractivity contribution in [3.63, 3.8) is 0 Å². The van der Waals surface area contributed by atoms with Crippen LogP contribution >= 0.6 is 12.2 Å². The molecule has 3 heterocycles. The molecule has 1 N–H and O–H groups in total. The predicted molar refractivity (Wildman–Crippen MR) is 106 cm³/mol. The number of nitrogens with one attached hydrogen (secondary N) is 1. The van der Waals surface area contributed by atoms with E-state index in [-0.39, 0.29) is 6.04 Å². The predicted octanol–water partition coefficient (Wildman–Crippen LogP) is 3.69. The Bertz CT molecular complexity index is 909. The van der Waals surface area contributed by atoms with E-state index in [4.69, 9.17) is 17.0 Å². The number of pyridine rings is 1. The highest BCUT2D eigenvalue weighted by Gasteiger charge is 2.30. The highest BCUT2D eigenvalue weighted by atomic mass is 32.1. The summed E-state index contributed by atoms with van der Waals surface area (Å²) in [6.45, 7) is 1.73. The van der Waals surface area contributed by atoms with Gasteiger partial charge in [0.25, 0.3) is 0 Å². The molecule has 0 saturated carbocycles. The van der Waals surface area contributed by atoms with Crippen LogP contribution in [0.2, 0.25) is 0 Å². The van der Waals surface area contributed by atoms with Crippen LogP contribution in [-0.2, 0) is 6.54 Å². The summed E-state index contributed by atoms with van der Waals surface area (Å²) in [5.41, 5.74) is 3.27. The summed E-state index contributed by atoms with van der Waals surface area (Å²) in [5.74, 6) is 0.774. The van der Waals surface area contributed by atoms with Gasteiger partial charge >= 0.3 is 0 Å². The third-order valence-electron chi connectivity index (χ3n) is 4.67. The van der Waals surface area contributed by atoms with Gasteiger partial charge in [-0.15, -0.1) is 0 Å². The molecular weight excluding hydrogens is 344 g/mol. The molecule has 0 radical (unpaired) electrons. The smallest absolute Gasteiger partial charge is 0.174 e. The van der Waals surface area contributed by atoms with E-state index in [1.165, 1.54) is 11.3 Å². The molecule has 0 amide bonds. The fourth-order valence-corrected chi connectivity index (χ4v) is 3.74. The third-order valence-corrected chi connectivity index (χ3v) is 5.01. The molecule has 1 aromatic carbocycles. The first-order valence-electron chi connectivity index (χ1n) is 8.53.